The summed E-state index contributed by atoms with van der Waals surface area (Å²) in [4.78, 5) is 35.3. The Labute approximate surface area is 248 Å². The van der Waals surface area contributed by atoms with Gasteiger partial charge in [-0.2, -0.15) is 10.4 Å². The summed E-state index contributed by atoms with van der Waals surface area (Å²) in [6.45, 7) is 3.01. The number of urea groups is 1. The molecule has 222 valence electrons. The maximum absolute atomic E-state index is 12.4. The summed E-state index contributed by atoms with van der Waals surface area (Å²) >= 11 is 3.19. The molecule has 0 radical (unpaired) electrons. The van der Waals surface area contributed by atoms with Crippen molar-refractivity contribution in [1.82, 2.24) is 16.1 Å². The Morgan fingerprint density at radius 1 is 1.31 bits per heavy atom. The van der Waals surface area contributed by atoms with Crippen LogP contribution in [0.15, 0.2) is 51.2 Å². The lowest BCUT2D eigenvalue weighted by atomic mass is 9.95. The van der Waals surface area contributed by atoms with Gasteiger partial charge in [0.15, 0.2) is 24.3 Å². The minimum Gasteiger partial charge on any atom is -0.490 e. The Morgan fingerprint density at radius 3 is 2.74 bits per heavy atom. The van der Waals surface area contributed by atoms with Crippen molar-refractivity contribution >= 4 is 39.8 Å². The van der Waals surface area contributed by atoms with Crippen LogP contribution in [-0.2, 0) is 9.53 Å². The van der Waals surface area contributed by atoms with Crippen LogP contribution in [0.1, 0.15) is 31.0 Å². The molecule has 2 aromatic carbocycles. The van der Waals surface area contributed by atoms with Crippen molar-refractivity contribution < 1.29 is 38.6 Å². The number of amides is 2. The third-order valence-electron chi connectivity index (χ3n) is 5.63. The molecule has 0 saturated heterocycles. The Kier molecular flexibility index (Phi) is 11.0. The first-order valence-corrected chi connectivity index (χ1v) is 13.1. The number of benzene rings is 2. The predicted octanol–water partition coefficient (Wildman–Crippen LogP) is 2.78. The highest BCUT2D eigenvalue weighted by Gasteiger charge is 2.32. The van der Waals surface area contributed by atoms with Crippen LogP contribution in [0.2, 0.25) is 0 Å². The molecule has 0 bridgehead atoms. The van der Waals surface area contributed by atoms with Gasteiger partial charge in [-0.3, -0.25) is 15.5 Å². The second kappa shape index (κ2) is 14.7. The summed E-state index contributed by atoms with van der Waals surface area (Å²) in [5, 5.41) is 39.6. The number of nitro benzene ring substituents is 1. The number of hydrogen-bond acceptors (Lipinski definition) is 12. The van der Waals surface area contributed by atoms with E-state index in [0.717, 1.165) is 0 Å². The number of nitrogens with one attached hydrogen (secondary N) is 3. The number of nitro groups is 1. The van der Waals surface area contributed by atoms with Gasteiger partial charge in [-0.15, -0.1) is 0 Å². The number of carbonyl (C=O) groups is 2. The molecule has 42 heavy (non-hydrogen) atoms. The van der Waals surface area contributed by atoms with Crippen LogP contribution in [0.5, 0.6) is 17.2 Å². The van der Waals surface area contributed by atoms with Gasteiger partial charge in [-0.05, 0) is 53.5 Å². The van der Waals surface area contributed by atoms with Crippen molar-refractivity contribution in [2.24, 2.45) is 5.10 Å². The lowest BCUT2D eigenvalue weighted by Crippen LogP contribution is -2.45. The fourth-order valence-electron chi connectivity index (χ4n) is 3.88. The monoisotopic (exact) mass is 646 g/mol. The molecular formula is C26H27BrN6O9. The number of nitriles is 1. The van der Waals surface area contributed by atoms with Gasteiger partial charge in [-0.25, -0.2) is 9.59 Å². The average Bonchev–Trinajstić information content (AvgIpc) is 2.95. The zero-order chi connectivity index (χ0) is 30.8. The molecule has 0 unspecified atom stereocenters. The van der Waals surface area contributed by atoms with Crippen LogP contribution in [-0.4, -0.2) is 61.4 Å². The number of allylic oxidation sites excluding steroid dienone is 1. The average molecular weight is 647 g/mol. The van der Waals surface area contributed by atoms with Crippen molar-refractivity contribution in [2.45, 2.75) is 26.1 Å². The molecule has 0 fully saturated rings. The number of aliphatic hydroxyl groups excluding tert-OH is 1. The highest BCUT2D eigenvalue weighted by atomic mass is 79.9. The van der Waals surface area contributed by atoms with Gasteiger partial charge in [0.05, 0.1) is 40.9 Å². The minimum absolute atomic E-state index is 0.0913. The molecule has 16 heteroatoms. The number of halogens is 1. The van der Waals surface area contributed by atoms with Crippen LogP contribution in [0.3, 0.4) is 0 Å². The van der Waals surface area contributed by atoms with E-state index >= 15 is 0 Å². The third kappa shape index (κ3) is 7.86. The molecule has 4 N–H and O–H groups in total. The Balaban J connectivity index is 1.71. The SMILES string of the molecule is CCOc1cc([C@H]2NC(=O)NC(C)=C2C(=O)OC)ccc1OC[C@@H](O)N/N=C/c1cc(Br)c(OCC#N)c([N+](=O)[O-])c1. The lowest BCUT2D eigenvalue weighted by molar-refractivity contribution is -0.385. The number of nitrogens with zero attached hydrogens (tertiary/aromatic N) is 3. The second-order valence-electron chi connectivity index (χ2n) is 8.47. The molecule has 2 aromatic rings. The Bertz CT molecular complexity index is 1460. The highest BCUT2D eigenvalue weighted by molar-refractivity contribution is 9.10. The van der Waals surface area contributed by atoms with E-state index in [4.69, 9.17) is 24.2 Å². The fourth-order valence-corrected chi connectivity index (χ4v) is 4.46. The number of esters is 1. The van der Waals surface area contributed by atoms with Crippen LogP contribution in [0, 0.1) is 21.4 Å². The number of rotatable bonds is 13. The van der Waals surface area contributed by atoms with Crippen molar-refractivity contribution in [2.75, 3.05) is 26.9 Å². The predicted molar refractivity (Wildman–Crippen MR) is 151 cm³/mol. The maximum Gasteiger partial charge on any atom is 0.337 e. The lowest BCUT2D eigenvalue weighted by Gasteiger charge is -2.28. The molecule has 3 rings (SSSR count). The minimum atomic E-state index is -1.28. The summed E-state index contributed by atoms with van der Waals surface area (Å²) in [5.74, 6) is -0.121. The molecule has 0 aromatic heterocycles. The molecule has 0 spiro atoms. The first kappa shape index (κ1) is 31.6. The van der Waals surface area contributed by atoms with Crippen LogP contribution < -0.4 is 30.3 Å². The van der Waals surface area contributed by atoms with Crippen LogP contribution >= 0.6 is 15.9 Å². The number of aliphatic hydroxyl groups is 1. The topological polar surface area (TPSA) is 207 Å². The van der Waals surface area contributed by atoms with E-state index in [2.05, 4.69) is 37.1 Å². The van der Waals surface area contributed by atoms with E-state index in [1.807, 2.05) is 0 Å². The molecule has 1 heterocycles. The van der Waals surface area contributed by atoms with Crippen molar-refractivity contribution in [3.05, 3.63) is 67.3 Å². The molecule has 0 aliphatic carbocycles. The van der Waals surface area contributed by atoms with Gasteiger partial charge in [0.2, 0.25) is 5.75 Å². The quantitative estimate of drug-likeness (QED) is 0.0817. The molecule has 1 aliphatic heterocycles. The largest absolute Gasteiger partial charge is 0.490 e. The standard InChI is InChI=1S/C26H27BrN6O9/c1-4-40-20-11-16(23-22(25(35)39-3)14(2)30-26(36)31-23)5-6-19(20)42-13-21(34)32-29-12-15-9-17(27)24(41-8-7-28)18(10-15)33(37)38/h5-6,9-12,21,23,32,34H,4,8,13H2,1-3H3,(H2,30,31,36)/b29-12+/t21-,23-/m1/s1. The smallest absolute Gasteiger partial charge is 0.337 e. The van der Waals surface area contributed by atoms with E-state index in [1.165, 1.54) is 25.5 Å². The summed E-state index contributed by atoms with van der Waals surface area (Å²) in [6, 6.07) is 7.98. The van der Waals surface area contributed by atoms with E-state index < -0.39 is 29.2 Å². The molecule has 0 saturated carbocycles. The number of ether oxygens (including phenoxy) is 4. The summed E-state index contributed by atoms with van der Waals surface area (Å²) < 4.78 is 21.6. The van der Waals surface area contributed by atoms with E-state index in [-0.39, 0.29) is 47.1 Å². The molecule has 2 amide bonds. The van der Waals surface area contributed by atoms with E-state index in [9.17, 15) is 24.8 Å². The molecular weight excluding hydrogens is 620 g/mol. The number of hydrazone groups is 1. The third-order valence-corrected chi connectivity index (χ3v) is 6.22. The molecule has 1 aliphatic rings. The highest BCUT2D eigenvalue weighted by Crippen LogP contribution is 2.36. The van der Waals surface area contributed by atoms with Crippen LogP contribution in [0.25, 0.3) is 0 Å². The zero-order valence-electron chi connectivity index (χ0n) is 22.7. The van der Waals surface area contributed by atoms with Gasteiger partial charge in [0.25, 0.3) is 0 Å². The number of hydrogen-bond donors (Lipinski definition) is 4. The molecule has 2 atom stereocenters. The first-order valence-electron chi connectivity index (χ1n) is 12.3. The van der Waals surface area contributed by atoms with Gasteiger partial charge >= 0.3 is 17.7 Å². The summed E-state index contributed by atoms with van der Waals surface area (Å²) in [5.41, 5.74) is 3.52. The van der Waals surface area contributed by atoms with Crippen molar-refractivity contribution in [1.29, 1.82) is 5.26 Å². The maximum atomic E-state index is 12.4. The Hall–Kier alpha value is -4.88. The second-order valence-corrected chi connectivity index (χ2v) is 9.32. The number of methoxy groups -OCH3 is 1. The Morgan fingerprint density at radius 2 is 2.07 bits per heavy atom. The van der Waals surface area contributed by atoms with Gasteiger partial charge in [0.1, 0.15) is 12.7 Å². The van der Waals surface area contributed by atoms with Gasteiger partial charge in [0, 0.05) is 17.3 Å². The van der Waals surface area contributed by atoms with Crippen molar-refractivity contribution in [3.8, 4) is 23.3 Å². The summed E-state index contributed by atoms with van der Waals surface area (Å²) in [6.07, 6.45) is -0.0377. The molecule has 15 nitrogen and oxygen atoms in total. The first-order chi connectivity index (χ1) is 20.1. The van der Waals surface area contributed by atoms with E-state index in [1.54, 1.807) is 38.1 Å². The van der Waals surface area contributed by atoms with Crippen molar-refractivity contribution in [3.63, 3.8) is 0 Å². The zero-order valence-corrected chi connectivity index (χ0v) is 24.3. The van der Waals surface area contributed by atoms with Crippen LogP contribution in [0.4, 0.5) is 10.5 Å². The van der Waals surface area contributed by atoms with Gasteiger partial charge < -0.3 is 34.7 Å². The van der Waals surface area contributed by atoms with Gasteiger partial charge in [-0.1, -0.05) is 6.07 Å². The summed E-state index contributed by atoms with van der Waals surface area (Å²) in [7, 11) is 1.24. The number of carbonyl (C=O) groups excluding carboxylic acids is 2. The normalized spacial score (nSPS) is 15.2. The fraction of sp³-hybridized carbons (Fsp3) is 0.308. The van der Waals surface area contributed by atoms with E-state index in [0.29, 0.717) is 22.6 Å².